The van der Waals surface area contributed by atoms with Gasteiger partial charge in [0.15, 0.2) is 0 Å². The van der Waals surface area contributed by atoms with Gasteiger partial charge in [0.05, 0.1) is 11.7 Å². The van der Waals surface area contributed by atoms with Gasteiger partial charge in [-0.05, 0) is 44.5 Å². The van der Waals surface area contributed by atoms with Crippen molar-refractivity contribution in [2.45, 2.75) is 26.8 Å². The summed E-state index contributed by atoms with van der Waals surface area (Å²) < 4.78 is 3.44. The monoisotopic (exact) mass is 361 g/mol. The Balaban J connectivity index is 1.65. The maximum Gasteiger partial charge on any atom is 0.290 e. The van der Waals surface area contributed by atoms with E-state index in [2.05, 4.69) is 25.6 Å². The molecule has 0 aliphatic rings. The predicted molar refractivity (Wildman–Crippen MR) is 99.7 cm³/mol. The number of nitrogens with zero attached hydrogens (tertiary/aromatic N) is 6. The Bertz CT molecular complexity index is 1110. The molecule has 0 fully saturated rings. The van der Waals surface area contributed by atoms with E-state index in [1.54, 1.807) is 15.3 Å². The molecular formula is C19H19N7O. The summed E-state index contributed by atoms with van der Waals surface area (Å²) in [6.45, 7) is 5.71. The van der Waals surface area contributed by atoms with E-state index in [4.69, 9.17) is 0 Å². The zero-order valence-electron chi connectivity index (χ0n) is 15.3. The Labute approximate surface area is 155 Å². The van der Waals surface area contributed by atoms with Gasteiger partial charge in [-0.2, -0.15) is 5.10 Å². The molecule has 0 radical (unpaired) electrons. The van der Waals surface area contributed by atoms with Crippen LogP contribution < -0.4 is 5.32 Å². The van der Waals surface area contributed by atoms with Crippen LogP contribution in [0, 0.1) is 13.8 Å². The molecule has 1 N–H and O–H groups in total. The number of benzene rings is 1. The number of amides is 1. The first kappa shape index (κ1) is 16.9. The van der Waals surface area contributed by atoms with E-state index in [0.717, 1.165) is 22.6 Å². The van der Waals surface area contributed by atoms with Crippen LogP contribution in [-0.2, 0) is 0 Å². The molecule has 0 aliphatic heterocycles. The van der Waals surface area contributed by atoms with Crippen molar-refractivity contribution in [1.29, 1.82) is 0 Å². The molecule has 1 unspecified atom stereocenters. The van der Waals surface area contributed by atoms with Gasteiger partial charge in [0, 0.05) is 23.8 Å². The Hall–Kier alpha value is -3.55. The highest BCUT2D eigenvalue weighted by Gasteiger charge is 2.20. The van der Waals surface area contributed by atoms with Crippen LogP contribution in [0.15, 0.2) is 48.8 Å². The average Bonchev–Trinajstić information content (AvgIpc) is 3.31. The molecule has 3 aromatic heterocycles. The molecule has 0 saturated heterocycles. The summed E-state index contributed by atoms with van der Waals surface area (Å²) in [6, 6.07) is 11.3. The molecule has 4 rings (SSSR count). The van der Waals surface area contributed by atoms with Crippen molar-refractivity contribution in [3.05, 3.63) is 71.6 Å². The van der Waals surface area contributed by atoms with Gasteiger partial charge in [0.2, 0.25) is 5.82 Å². The van der Waals surface area contributed by atoms with E-state index in [9.17, 15) is 4.79 Å². The summed E-state index contributed by atoms with van der Waals surface area (Å²) in [6.07, 6.45) is 3.59. The maximum absolute atomic E-state index is 12.9. The Morgan fingerprint density at radius 2 is 1.96 bits per heavy atom. The van der Waals surface area contributed by atoms with Crippen LogP contribution in [0.2, 0.25) is 0 Å². The molecule has 3 heterocycles. The first-order chi connectivity index (χ1) is 13.0. The second-order valence-corrected chi connectivity index (χ2v) is 6.40. The third-order valence-corrected chi connectivity index (χ3v) is 4.40. The lowest BCUT2D eigenvalue weighted by Gasteiger charge is -2.17. The van der Waals surface area contributed by atoms with Crippen molar-refractivity contribution in [2.24, 2.45) is 0 Å². The highest BCUT2D eigenvalue weighted by atomic mass is 16.2. The van der Waals surface area contributed by atoms with Crippen molar-refractivity contribution in [2.75, 3.05) is 0 Å². The normalized spacial score (nSPS) is 12.3. The van der Waals surface area contributed by atoms with Gasteiger partial charge in [-0.1, -0.05) is 18.2 Å². The number of carbonyl (C=O) groups is 1. The molecule has 8 nitrogen and oxygen atoms in total. The largest absolute Gasteiger partial charge is 0.343 e. The summed E-state index contributed by atoms with van der Waals surface area (Å²) in [5.41, 5.74) is 3.56. The van der Waals surface area contributed by atoms with Gasteiger partial charge < -0.3 is 5.32 Å². The van der Waals surface area contributed by atoms with E-state index in [1.165, 1.54) is 0 Å². The molecule has 136 valence electrons. The number of para-hydroxylation sites is 1. The molecule has 8 heteroatoms. The van der Waals surface area contributed by atoms with Crippen LogP contribution in [0.25, 0.3) is 11.5 Å². The molecular weight excluding hydrogens is 342 g/mol. The fourth-order valence-corrected chi connectivity index (χ4v) is 3.19. The smallest absolute Gasteiger partial charge is 0.290 e. The first-order valence-corrected chi connectivity index (χ1v) is 8.64. The molecule has 27 heavy (non-hydrogen) atoms. The summed E-state index contributed by atoms with van der Waals surface area (Å²) >= 11 is 0. The highest BCUT2D eigenvalue weighted by Crippen LogP contribution is 2.21. The second-order valence-electron chi connectivity index (χ2n) is 6.40. The van der Waals surface area contributed by atoms with Crippen molar-refractivity contribution in [3.63, 3.8) is 0 Å². The zero-order valence-corrected chi connectivity index (χ0v) is 15.3. The standard InChI is InChI=1S/C19H19N7O/c1-12-11-13(2)26-17(23-24-19(26)21-12)18(27)22-14(3)15-7-4-5-8-16(15)25-10-6-9-20-25/h4-11,14H,1-3H3,(H,22,27). The average molecular weight is 361 g/mol. The fourth-order valence-electron chi connectivity index (χ4n) is 3.19. The van der Waals surface area contributed by atoms with Gasteiger partial charge in [-0.25, -0.2) is 9.67 Å². The lowest BCUT2D eigenvalue weighted by Crippen LogP contribution is -2.29. The molecule has 0 spiro atoms. The van der Waals surface area contributed by atoms with E-state index < -0.39 is 0 Å². The van der Waals surface area contributed by atoms with E-state index in [-0.39, 0.29) is 17.8 Å². The van der Waals surface area contributed by atoms with Crippen LogP contribution in [0.3, 0.4) is 0 Å². The summed E-state index contributed by atoms with van der Waals surface area (Å²) in [7, 11) is 0. The van der Waals surface area contributed by atoms with Crippen molar-refractivity contribution < 1.29 is 4.79 Å². The third kappa shape index (κ3) is 3.05. The zero-order chi connectivity index (χ0) is 19.0. The molecule has 1 aromatic carbocycles. The van der Waals surface area contributed by atoms with Gasteiger partial charge in [-0.15, -0.1) is 10.2 Å². The van der Waals surface area contributed by atoms with E-state index in [0.29, 0.717) is 5.78 Å². The maximum atomic E-state index is 12.9. The summed E-state index contributed by atoms with van der Waals surface area (Å²) in [5.74, 6) is 0.333. The number of fused-ring (bicyclic) bond motifs is 1. The van der Waals surface area contributed by atoms with Crippen LogP contribution in [-0.4, -0.2) is 35.3 Å². The molecule has 0 bridgehead atoms. The minimum atomic E-state index is -0.306. The van der Waals surface area contributed by atoms with Crippen LogP contribution >= 0.6 is 0 Å². The number of hydrogen-bond acceptors (Lipinski definition) is 5. The Kier molecular flexibility index (Phi) is 4.15. The third-order valence-electron chi connectivity index (χ3n) is 4.40. The summed E-state index contributed by atoms with van der Waals surface area (Å²) in [4.78, 5) is 17.2. The fraction of sp³-hybridized carbons (Fsp3) is 0.211. The van der Waals surface area contributed by atoms with E-state index in [1.807, 2.05) is 63.4 Å². The number of rotatable bonds is 4. The Morgan fingerprint density at radius 1 is 1.15 bits per heavy atom. The van der Waals surface area contributed by atoms with Gasteiger partial charge in [0.1, 0.15) is 0 Å². The number of nitrogens with one attached hydrogen (secondary N) is 1. The highest BCUT2D eigenvalue weighted by molar-refractivity contribution is 5.91. The van der Waals surface area contributed by atoms with Crippen LogP contribution in [0.1, 0.15) is 40.5 Å². The van der Waals surface area contributed by atoms with Crippen molar-refractivity contribution in [1.82, 2.24) is 34.7 Å². The second kappa shape index (κ2) is 6.64. The van der Waals surface area contributed by atoms with Gasteiger partial charge in [0.25, 0.3) is 11.7 Å². The van der Waals surface area contributed by atoms with Crippen molar-refractivity contribution in [3.8, 4) is 5.69 Å². The van der Waals surface area contributed by atoms with Crippen LogP contribution in [0.5, 0.6) is 0 Å². The minimum absolute atomic E-state index is 0.221. The van der Waals surface area contributed by atoms with Gasteiger partial charge >= 0.3 is 0 Å². The topological polar surface area (TPSA) is 90.0 Å². The predicted octanol–water partition coefficient (Wildman–Crippen LogP) is 2.42. The molecule has 0 saturated carbocycles. The molecule has 0 aliphatic carbocycles. The number of hydrogen-bond donors (Lipinski definition) is 1. The molecule has 1 amide bonds. The molecule has 1 atom stereocenters. The lowest BCUT2D eigenvalue weighted by atomic mass is 10.1. The minimum Gasteiger partial charge on any atom is -0.343 e. The number of aromatic nitrogens is 6. The lowest BCUT2D eigenvalue weighted by molar-refractivity contribution is 0.0928. The number of aryl methyl sites for hydroxylation is 2. The first-order valence-electron chi connectivity index (χ1n) is 8.64. The Morgan fingerprint density at radius 3 is 2.74 bits per heavy atom. The van der Waals surface area contributed by atoms with Crippen LogP contribution in [0.4, 0.5) is 0 Å². The molecule has 4 aromatic rings. The SMILES string of the molecule is Cc1cc(C)n2c(C(=O)NC(C)c3ccccc3-n3cccn3)nnc2n1. The van der Waals surface area contributed by atoms with Crippen molar-refractivity contribution >= 4 is 11.7 Å². The van der Waals surface area contributed by atoms with Gasteiger partial charge in [-0.3, -0.25) is 9.20 Å². The summed E-state index contributed by atoms with van der Waals surface area (Å²) in [5, 5.41) is 15.4. The quantitative estimate of drug-likeness (QED) is 0.603. The number of carbonyl (C=O) groups excluding carboxylic acids is 1. The van der Waals surface area contributed by atoms with E-state index >= 15 is 0 Å².